The zero-order valence-corrected chi connectivity index (χ0v) is 29.4. The highest BCUT2D eigenvalue weighted by Gasteiger charge is 2.66. The molecule has 4 fully saturated rings. The van der Waals surface area contributed by atoms with E-state index in [0.29, 0.717) is 25.4 Å². The number of hydrogen-bond donors (Lipinski definition) is 0. The Labute approximate surface area is 264 Å². The first-order valence-electron chi connectivity index (χ1n) is 16.1. The number of esters is 1. The Morgan fingerprint density at radius 1 is 1.02 bits per heavy atom. The first kappa shape index (κ1) is 32.6. The Hall–Kier alpha value is -1.74. The van der Waals surface area contributed by atoms with Gasteiger partial charge in [0.15, 0.2) is 14.0 Å². The van der Waals surface area contributed by atoms with E-state index in [1.54, 1.807) is 6.07 Å². The maximum atomic E-state index is 12.9. The monoisotopic (exact) mass is 629 g/mol. The molecule has 0 amide bonds. The van der Waals surface area contributed by atoms with Gasteiger partial charge in [-0.2, -0.15) is 5.10 Å². The molecule has 2 aromatic heterocycles. The number of ether oxygens (including phenoxy) is 2. The number of rotatable bonds is 12. The van der Waals surface area contributed by atoms with Crippen molar-refractivity contribution in [2.24, 2.45) is 16.2 Å². The smallest absolute Gasteiger partial charge is 0.357 e. The lowest BCUT2D eigenvalue weighted by atomic mass is 9.39. The Kier molecular flexibility index (Phi) is 8.78. The molecule has 2 unspecified atom stereocenters. The van der Waals surface area contributed by atoms with E-state index < -0.39 is 14.3 Å². The molecule has 2 aromatic rings. The third kappa shape index (κ3) is 6.92. The van der Waals surface area contributed by atoms with Crippen LogP contribution in [0.3, 0.4) is 0 Å². The van der Waals surface area contributed by atoms with E-state index in [4.69, 9.17) is 30.6 Å². The third-order valence-corrected chi connectivity index (χ3v) is 15.4. The molecule has 238 valence electrons. The van der Waals surface area contributed by atoms with Gasteiger partial charge in [0.05, 0.1) is 31.6 Å². The van der Waals surface area contributed by atoms with Gasteiger partial charge in [-0.15, -0.1) is 0 Å². The fourth-order valence-corrected chi connectivity index (χ4v) is 10.2. The van der Waals surface area contributed by atoms with Crippen LogP contribution in [0.2, 0.25) is 23.3 Å². The van der Waals surface area contributed by atoms with Crippen LogP contribution in [-0.4, -0.2) is 54.5 Å². The number of carbonyl (C=O) groups is 1. The van der Waals surface area contributed by atoms with Crippen LogP contribution in [0.5, 0.6) is 0 Å². The van der Waals surface area contributed by atoms with Gasteiger partial charge in [0, 0.05) is 23.9 Å². The van der Waals surface area contributed by atoms with Crippen molar-refractivity contribution < 1.29 is 18.7 Å². The highest BCUT2D eigenvalue weighted by atomic mass is 35.5. The maximum Gasteiger partial charge on any atom is 0.357 e. The number of carbonyl (C=O) groups excluding carboxylic acids is 1. The van der Waals surface area contributed by atoms with Crippen molar-refractivity contribution in [1.82, 2.24) is 14.8 Å². The highest BCUT2D eigenvalue weighted by Crippen LogP contribution is 2.72. The van der Waals surface area contributed by atoms with E-state index in [-0.39, 0.29) is 37.7 Å². The number of nitrogens with zero attached hydrogens (tertiary/aromatic N) is 3. The molecule has 2 atom stereocenters. The van der Waals surface area contributed by atoms with Gasteiger partial charge in [-0.05, 0) is 91.5 Å². The molecular formula is C34H52ClN3O4Si. The Morgan fingerprint density at radius 2 is 1.72 bits per heavy atom. The van der Waals surface area contributed by atoms with Crippen LogP contribution in [0, 0.1) is 16.2 Å². The normalized spacial score (nSPS) is 30.2. The lowest BCUT2D eigenvalue weighted by Gasteiger charge is -2.69. The minimum absolute atomic E-state index is 0.111. The van der Waals surface area contributed by atoms with Gasteiger partial charge < -0.3 is 13.9 Å². The second-order valence-electron chi connectivity index (χ2n) is 16.3. The van der Waals surface area contributed by atoms with Crippen LogP contribution in [0.15, 0.2) is 24.5 Å². The Morgan fingerprint density at radius 3 is 2.37 bits per heavy atom. The summed E-state index contributed by atoms with van der Waals surface area (Å²) < 4.78 is 21.0. The van der Waals surface area contributed by atoms with E-state index in [1.807, 2.05) is 12.3 Å². The van der Waals surface area contributed by atoms with Gasteiger partial charge in [0.2, 0.25) is 0 Å². The average molecular weight is 630 g/mol. The first-order chi connectivity index (χ1) is 20.0. The molecule has 43 heavy (non-hydrogen) atoms. The van der Waals surface area contributed by atoms with E-state index in [0.717, 1.165) is 44.2 Å². The van der Waals surface area contributed by atoms with Crippen molar-refractivity contribution in [2.75, 3.05) is 19.8 Å². The predicted octanol–water partition coefficient (Wildman–Crippen LogP) is 8.71. The van der Waals surface area contributed by atoms with Gasteiger partial charge in [0.1, 0.15) is 5.15 Å². The summed E-state index contributed by atoms with van der Waals surface area (Å²) in [5.41, 5.74) is 2.31. The van der Waals surface area contributed by atoms with Crippen molar-refractivity contribution in [3.63, 3.8) is 0 Å². The van der Waals surface area contributed by atoms with E-state index in [2.05, 4.69) is 70.5 Å². The summed E-state index contributed by atoms with van der Waals surface area (Å²) >= 11 is 6.19. The second kappa shape index (κ2) is 11.6. The van der Waals surface area contributed by atoms with Crippen molar-refractivity contribution in [2.45, 2.75) is 123 Å². The highest BCUT2D eigenvalue weighted by molar-refractivity contribution is 6.74. The zero-order valence-electron chi connectivity index (χ0n) is 27.6. The molecule has 4 aliphatic rings. The molecule has 0 radical (unpaired) electrons. The lowest BCUT2D eigenvalue weighted by Crippen LogP contribution is -2.64. The molecule has 7 nitrogen and oxygen atoms in total. The standard InChI is InChI=1S/C34H52ClN3O4Si/c1-9-10-13-40-29(39)28-26(11-12-27(35)37-28)25-16-36-38(17-25)24-33-19-31(5)18-32(6,20-33)22-34(21-31,23-33)41-14-15-42-43(7,8)30(2,3)4/h11-12,16-17H,9-10,13-15,18-24H2,1-8H3. The van der Waals surface area contributed by atoms with Crippen molar-refractivity contribution in [1.29, 1.82) is 0 Å². The molecule has 9 heteroatoms. The summed E-state index contributed by atoms with van der Waals surface area (Å²) in [6, 6.07) is 3.56. The molecule has 6 rings (SSSR count). The van der Waals surface area contributed by atoms with Gasteiger partial charge >= 0.3 is 5.97 Å². The largest absolute Gasteiger partial charge is 0.461 e. The third-order valence-electron chi connectivity index (χ3n) is 10.6. The van der Waals surface area contributed by atoms with Crippen LogP contribution >= 0.6 is 11.6 Å². The predicted molar refractivity (Wildman–Crippen MR) is 174 cm³/mol. The Balaban J connectivity index is 1.33. The number of pyridine rings is 1. The molecule has 0 saturated heterocycles. The van der Waals surface area contributed by atoms with Crippen molar-refractivity contribution >= 4 is 25.9 Å². The van der Waals surface area contributed by atoms with Crippen LogP contribution in [-0.2, 0) is 20.4 Å². The van der Waals surface area contributed by atoms with Gasteiger partial charge in [-0.3, -0.25) is 4.68 Å². The Bertz CT molecular complexity index is 1320. The minimum Gasteiger partial charge on any atom is -0.461 e. The zero-order chi connectivity index (χ0) is 31.3. The van der Waals surface area contributed by atoms with E-state index >= 15 is 0 Å². The van der Waals surface area contributed by atoms with Crippen LogP contribution in [0.4, 0.5) is 0 Å². The summed E-state index contributed by atoms with van der Waals surface area (Å²) in [6.07, 6.45) is 12.6. The van der Waals surface area contributed by atoms with Crippen molar-refractivity contribution in [3.05, 3.63) is 35.4 Å². The van der Waals surface area contributed by atoms with Crippen LogP contribution in [0.25, 0.3) is 11.1 Å². The second-order valence-corrected chi connectivity index (χ2v) is 21.5. The average Bonchev–Trinajstić information content (AvgIpc) is 3.31. The maximum absolute atomic E-state index is 12.9. The molecule has 4 saturated carbocycles. The quantitative estimate of drug-likeness (QED) is 0.101. The molecule has 4 aliphatic carbocycles. The minimum atomic E-state index is -1.81. The molecule has 4 bridgehead atoms. The molecule has 0 aliphatic heterocycles. The summed E-state index contributed by atoms with van der Waals surface area (Å²) in [5, 5.41) is 5.27. The summed E-state index contributed by atoms with van der Waals surface area (Å²) in [5.74, 6) is -0.447. The summed E-state index contributed by atoms with van der Waals surface area (Å²) in [6.45, 7) is 21.0. The van der Waals surface area contributed by atoms with E-state index in [9.17, 15) is 4.79 Å². The molecule has 0 N–H and O–H groups in total. The topological polar surface area (TPSA) is 75.5 Å². The fourth-order valence-electron chi connectivity index (χ4n) is 9.06. The molecule has 0 spiro atoms. The first-order valence-corrected chi connectivity index (χ1v) is 19.4. The van der Waals surface area contributed by atoms with Crippen molar-refractivity contribution in [3.8, 4) is 11.1 Å². The number of aromatic nitrogens is 3. The number of unbranched alkanes of at least 4 members (excludes halogenated alkanes) is 1. The van der Waals surface area contributed by atoms with E-state index in [1.165, 1.54) is 19.3 Å². The van der Waals surface area contributed by atoms with Gasteiger partial charge in [-0.25, -0.2) is 9.78 Å². The van der Waals surface area contributed by atoms with Crippen LogP contribution < -0.4 is 0 Å². The van der Waals surface area contributed by atoms with Gasteiger partial charge in [-0.1, -0.05) is 59.6 Å². The molecule has 0 aromatic carbocycles. The summed E-state index contributed by atoms with van der Waals surface area (Å²) in [7, 11) is -1.81. The fraction of sp³-hybridized carbons (Fsp3) is 0.735. The molecule has 2 heterocycles. The van der Waals surface area contributed by atoms with Gasteiger partial charge in [0.25, 0.3) is 0 Å². The SMILES string of the molecule is CCCCOC(=O)c1nc(Cl)ccc1-c1cnn(CC23CC4(C)CC(C)(C2)CC(OCCO[Si](C)(C)C(C)(C)C)(C4)C3)c1. The number of halogens is 1. The summed E-state index contributed by atoms with van der Waals surface area (Å²) in [4.78, 5) is 17.2. The molecular weight excluding hydrogens is 578 g/mol. The number of hydrogen-bond acceptors (Lipinski definition) is 6. The lowest BCUT2D eigenvalue weighted by molar-refractivity contribution is -0.249. The van der Waals surface area contributed by atoms with Crippen LogP contribution in [0.1, 0.15) is 103 Å².